The van der Waals surface area contributed by atoms with E-state index >= 15 is 0 Å². The van der Waals surface area contributed by atoms with Crippen molar-refractivity contribution < 1.29 is 14.4 Å². The quantitative estimate of drug-likeness (QED) is 0.332. The van der Waals surface area contributed by atoms with Crippen LogP contribution in [0.3, 0.4) is 0 Å². The number of hydrogen-bond acceptors (Lipinski definition) is 2. The number of carboxylic acids is 1. The molecule has 0 aliphatic rings. The summed E-state index contributed by atoms with van der Waals surface area (Å²) in [6.45, 7) is 6.93. The van der Waals surface area contributed by atoms with E-state index in [1.807, 2.05) is 27.9 Å². The van der Waals surface area contributed by atoms with Crippen molar-refractivity contribution in [3.8, 4) is 0 Å². The van der Waals surface area contributed by atoms with Gasteiger partial charge in [-0.3, -0.25) is 0 Å². The summed E-state index contributed by atoms with van der Waals surface area (Å²) in [5.74, 6) is -0.923. The fourth-order valence-corrected chi connectivity index (χ4v) is 3.24. The van der Waals surface area contributed by atoms with E-state index in [0.29, 0.717) is 10.9 Å². The first-order valence-electron chi connectivity index (χ1n) is 9.86. The summed E-state index contributed by atoms with van der Waals surface area (Å²) in [4.78, 5) is 11.5. The van der Waals surface area contributed by atoms with Gasteiger partial charge in [-0.05, 0) is 19.8 Å². The Kier molecular flexibility index (Phi) is 11.6. The van der Waals surface area contributed by atoms with Gasteiger partial charge in [0, 0.05) is 6.42 Å². The molecule has 0 fully saturated rings. The minimum Gasteiger partial charge on any atom is -0.544 e. The first kappa shape index (κ1) is 22.4. The lowest BCUT2D eigenvalue weighted by atomic mass is 9.93. The van der Waals surface area contributed by atoms with Gasteiger partial charge in [0.25, 0.3) is 0 Å². The van der Waals surface area contributed by atoms with E-state index in [1.165, 1.54) is 64.2 Å². The van der Waals surface area contributed by atoms with E-state index in [9.17, 15) is 9.90 Å². The van der Waals surface area contributed by atoms with Gasteiger partial charge < -0.3 is 14.4 Å². The summed E-state index contributed by atoms with van der Waals surface area (Å²) >= 11 is 0. The number of likely N-dealkylation sites (N-methyl/N-ethyl adjacent to an activating group) is 1. The summed E-state index contributed by atoms with van der Waals surface area (Å²) in [6.07, 6.45) is 15.2. The van der Waals surface area contributed by atoms with Crippen molar-refractivity contribution in [1.82, 2.24) is 0 Å². The molecule has 0 radical (unpaired) electrons. The highest BCUT2D eigenvalue weighted by Crippen LogP contribution is 2.25. The zero-order chi connectivity index (χ0) is 17.8. The molecule has 1 atom stereocenters. The minimum atomic E-state index is -0.923. The molecule has 3 nitrogen and oxygen atoms in total. The van der Waals surface area contributed by atoms with E-state index in [2.05, 4.69) is 6.92 Å². The van der Waals surface area contributed by atoms with Gasteiger partial charge in [0.1, 0.15) is 11.5 Å². The van der Waals surface area contributed by atoms with Crippen LogP contribution in [0, 0.1) is 0 Å². The SMILES string of the molecule is CCCCCCCCCCCCC[N+](C)(C)C(C)(CC)C(=O)[O-]. The molecule has 0 aromatic heterocycles. The lowest BCUT2D eigenvalue weighted by molar-refractivity contribution is -0.932. The fraction of sp³-hybridized carbons (Fsp3) is 0.950. The number of carbonyl (C=O) groups excluding carboxylic acids is 1. The maximum absolute atomic E-state index is 11.5. The van der Waals surface area contributed by atoms with Crippen LogP contribution in [0.15, 0.2) is 0 Å². The zero-order valence-corrected chi connectivity index (χ0v) is 16.5. The maximum atomic E-state index is 11.5. The Balaban J connectivity index is 3.73. The Morgan fingerprint density at radius 2 is 1.22 bits per heavy atom. The molecule has 0 aromatic rings. The van der Waals surface area contributed by atoms with Gasteiger partial charge in [-0.25, -0.2) is 0 Å². The van der Waals surface area contributed by atoms with Crippen molar-refractivity contribution in [1.29, 1.82) is 0 Å². The molecular weight excluding hydrogens is 286 g/mol. The Morgan fingerprint density at radius 3 is 1.57 bits per heavy atom. The van der Waals surface area contributed by atoms with E-state index in [0.717, 1.165) is 13.0 Å². The Morgan fingerprint density at radius 1 is 0.826 bits per heavy atom. The van der Waals surface area contributed by atoms with E-state index in [1.54, 1.807) is 0 Å². The van der Waals surface area contributed by atoms with Crippen LogP contribution in [0.1, 0.15) is 97.8 Å². The van der Waals surface area contributed by atoms with Crippen LogP contribution < -0.4 is 5.11 Å². The van der Waals surface area contributed by atoms with E-state index < -0.39 is 11.5 Å². The monoisotopic (exact) mass is 327 g/mol. The molecule has 0 aliphatic heterocycles. The highest BCUT2D eigenvalue weighted by Gasteiger charge is 2.40. The summed E-state index contributed by atoms with van der Waals surface area (Å²) in [6, 6.07) is 0. The number of quaternary nitrogens is 1. The normalized spacial score (nSPS) is 14.7. The molecule has 0 bridgehead atoms. The Labute approximate surface area is 145 Å². The van der Waals surface area contributed by atoms with Crippen LogP contribution in [0.5, 0.6) is 0 Å². The van der Waals surface area contributed by atoms with Gasteiger partial charge in [0.15, 0.2) is 0 Å². The molecule has 0 aromatic carbocycles. The van der Waals surface area contributed by atoms with Crippen molar-refractivity contribution in [3.63, 3.8) is 0 Å². The second-order valence-electron chi connectivity index (χ2n) is 7.86. The molecule has 0 aliphatic carbocycles. The van der Waals surface area contributed by atoms with Gasteiger partial charge in [-0.1, -0.05) is 71.6 Å². The van der Waals surface area contributed by atoms with Crippen LogP contribution in [-0.2, 0) is 4.79 Å². The summed E-state index contributed by atoms with van der Waals surface area (Å²) in [5, 5.41) is 11.5. The second-order valence-corrected chi connectivity index (χ2v) is 7.86. The van der Waals surface area contributed by atoms with Gasteiger partial charge >= 0.3 is 0 Å². The molecule has 0 heterocycles. The summed E-state index contributed by atoms with van der Waals surface area (Å²) < 4.78 is 0.517. The molecule has 138 valence electrons. The molecule has 0 amide bonds. The molecule has 0 saturated heterocycles. The third-order valence-electron chi connectivity index (χ3n) is 5.78. The van der Waals surface area contributed by atoms with Crippen LogP contribution in [0.4, 0.5) is 0 Å². The van der Waals surface area contributed by atoms with Gasteiger partial charge in [0.2, 0.25) is 0 Å². The van der Waals surface area contributed by atoms with Crippen molar-refractivity contribution in [2.45, 2.75) is 103 Å². The maximum Gasteiger partial charge on any atom is 0.136 e. The van der Waals surface area contributed by atoms with Crippen LogP contribution in [0.25, 0.3) is 0 Å². The van der Waals surface area contributed by atoms with Crippen LogP contribution >= 0.6 is 0 Å². The smallest absolute Gasteiger partial charge is 0.136 e. The largest absolute Gasteiger partial charge is 0.544 e. The molecule has 0 N–H and O–H groups in total. The molecule has 0 rings (SSSR count). The number of nitrogens with zero attached hydrogens (tertiary/aromatic N) is 1. The first-order chi connectivity index (χ1) is 10.8. The standard InChI is InChI=1S/C20H41NO2/c1-6-8-9-10-11-12-13-14-15-16-17-18-21(4,5)20(3,7-2)19(22)23/h6-18H2,1-5H3. The second kappa shape index (κ2) is 11.9. The van der Waals surface area contributed by atoms with Gasteiger partial charge in [-0.2, -0.15) is 0 Å². The third kappa shape index (κ3) is 8.19. The average molecular weight is 328 g/mol. The van der Waals surface area contributed by atoms with Gasteiger partial charge in [0.05, 0.1) is 20.6 Å². The molecule has 0 saturated carbocycles. The first-order valence-corrected chi connectivity index (χ1v) is 9.86. The highest BCUT2D eigenvalue weighted by molar-refractivity contribution is 5.74. The number of aliphatic carboxylic acids is 1. The summed E-state index contributed by atoms with van der Waals surface area (Å²) in [7, 11) is 4.05. The molecule has 0 spiro atoms. The van der Waals surface area contributed by atoms with Crippen LogP contribution in [0.2, 0.25) is 0 Å². The third-order valence-corrected chi connectivity index (χ3v) is 5.78. The number of hydrogen-bond donors (Lipinski definition) is 0. The average Bonchev–Trinajstić information content (AvgIpc) is 2.51. The van der Waals surface area contributed by atoms with E-state index in [4.69, 9.17) is 0 Å². The predicted molar refractivity (Wildman–Crippen MR) is 97.1 cm³/mol. The van der Waals surface area contributed by atoms with Crippen molar-refractivity contribution in [2.75, 3.05) is 20.6 Å². The fourth-order valence-electron chi connectivity index (χ4n) is 3.24. The van der Waals surface area contributed by atoms with E-state index in [-0.39, 0.29) is 0 Å². The number of rotatable bonds is 15. The topological polar surface area (TPSA) is 40.1 Å². The number of carboxylic acid groups (broad SMARTS) is 1. The molecule has 1 unspecified atom stereocenters. The lowest BCUT2D eigenvalue weighted by Gasteiger charge is -2.47. The molecular formula is C20H41NO2. The van der Waals surface area contributed by atoms with Crippen molar-refractivity contribution in [3.05, 3.63) is 0 Å². The zero-order valence-electron chi connectivity index (χ0n) is 16.5. The number of unbranched alkanes of at least 4 members (excludes halogenated alkanes) is 10. The molecule has 3 heteroatoms. The predicted octanol–water partition coefficient (Wildman–Crippen LogP) is 4.29. The Bertz CT molecular complexity index is 315. The number of carbonyl (C=O) groups is 1. The van der Waals surface area contributed by atoms with Crippen LogP contribution in [-0.4, -0.2) is 36.6 Å². The Hall–Kier alpha value is -0.570. The highest BCUT2D eigenvalue weighted by atomic mass is 16.4. The lowest BCUT2D eigenvalue weighted by Crippen LogP contribution is -2.66. The summed E-state index contributed by atoms with van der Waals surface area (Å²) in [5.41, 5.74) is -0.779. The molecule has 23 heavy (non-hydrogen) atoms. The van der Waals surface area contributed by atoms with Crippen molar-refractivity contribution >= 4 is 5.97 Å². The van der Waals surface area contributed by atoms with Gasteiger partial charge in [-0.15, -0.1) is 0 Å². The minimum absolute atomic E-state index is 0.517. The van der Waals surface area contributed by atoms with Crippen molar-refractivity contribution in [2.24, 2.45) is 0 Å².